The number of morpholine rings is 1. The SMILES string of the molecule is CCC1CN(C(=O)c2cccc(S(=O)(=O)N3CCCCC3)c2)CCO1. The van der Waals surface area contributed by atoms with Gasteiger partial charge in [-0.1, -0.05) is 19.4 Å². The second kappa shape index (κ2) is 7.85. The highest BCUT2D eigenvalue weighted by molar-refractivity contribution is 7.89. The zero-order valence-corrected chi connectivity index (χ0v) is 15.5. The topological polar surface area (TPSA) is 66.9 Å². The maximum Gasteiger partial charge on any atom is 0.254 e. The molecule has 1 aromatic carbocycles. The zero-order chi connectivity index (χ0) is 17.9. The molecule has 7 heteroatoms. The lowest BCUT2D eigenvalue weighted by molar-refractivity contribution is -0.0226. The van der Waals surface area contributed by atoms with E-state index in [1.54, 1.807) is 23.1 Å². The molecule has 1 unspecified atom stereocenters. The molecule has 2 heterocycles. The van der Waals surface area contributed by atoms with Crippen molar-refractivity contribution in [3.8, 4) is 0 Å². The van der Waals surface area contributed by atoms with Crippen molar-refractivity contribution in [2.45, 2.75) is 43.6 Å². The highest BCUT2D eigenvalue weighted by atomic mass is 32.2. The van der Waals surface area contributed by atoms with Gasteiger partial charge in [0.05, 0.1) is 17.6 Å². The summed E-state index contributed by atoms with van der Waals surface area (Å²) in [6, 6.07) is 6.44. The van der Waals surface area contributed by atoms with Crippen LogP contribution in [0.4, 0.5) is 0 Å². The van der Waals surface area contributed by atoms with Gasteiger partial charge in [-0.05, 0) is 37.5 Å². The van der Waals surface area contributed by atoms with Crippen LogP contribution in [0.25, 0.3) is 0 Å². The van der Waals surface area contributed by atoms with Crippen LogP contribution in [0.1, 0.15) is 43.0 Å². The van der Waals surface area contributed by atoms with Crippen LogP contribution in [-0.4, -0.2) is 62.4 Å². The van der Waals surface area contributed by atoms with E-state index in [1.807, 2.05) is 6.92 Å². The van der Waals surface area contributed by atoms with Crippen LogP contribution < -0.4 is 0 Å². The molecule has 1 aromatic rings. The summed E-state index contributed by atoms with van der Waals surface area (Å²) in [4.78, 5) is 14.7. The normalized spacial score (nSPS) is 22.8. The molecule has 0 aliphatic carbocycles. The van der Waals surface area contributed by atoms with Gasteiger partial charge < -0.3 is 9.64 Å². The Morgan fingerprint density at radius 3 is 2.68 bits per heavy atom. The summed E-state index contributed by atoms with van der Waals surface area (Å²) in [6.07, 6.45) is 3.76. The molecule has 0 radical (unpaired) electrons. The Morgan fingerprint density at radius 1 is 1.20 bits per heavy atom. The quantitative estimate of drug-likeness (QED) is 0.819. The lowest BCUT2D eigenvalue weighted by atomic mass is 10.1. The summed E-state index contributed by atoms with van der Waals surface area (Å²) in [5.74, 6) is -0.127. The first kappa shape index (κ1) is 18.4. The standard InChI is InChI=1S/C18H26N2O4S/c1-2-16-14-19(11-12-24-16)18(21)15-7-6-8-17(13-15)25(22,23)20-9-4-3-5-10-20/h6-8,13,16H,2-5,9-12,14H2,1H3. The predicted octanol–water partition coefficient (Wildman–Crippen LogP) is 2.11. The van der Waals surface area contributed by atoms with Crippen LogP contribution in [0.15, 0.2) is 29.2 Å². The average molecular weight is 366 g/mol. The summed E-state index contributed by atoms with van der Waals surface area (Å²) in [5.41, 5.74) is 0.426. The van der Waals surface area contributed by atoms with Crippen molar-refractivity contribution >= 4 is 15.9 Å². The molecule has 3 rings (SSSR count). The van der Waals surface area contributed by atoms with Gasteiger partial charge in [-0.25, -0.2) is 8.42 Å². The third kappa shape index (κ3) is 4.04. The van der Waals surface area contributed by atoms with Gasteiger partial charge >= 0.3 is 0 Å². The van der Waals surface area contributed by atoms with Gasteiger partial charge in [0.15, 0.2) is 0 Å². The third-order valence-electron chi connectivity index (χ3n) is 4.92. The first-order chi connectivity index (χ1) is 12.0. The Kier molecular flexibility index (Phi) is 5.76. The first-order valence-corrected chi connectivity index (χ1v) is 10.5. The Bertz CT molecular complexity index is 714. The number of rotatable bonds is 4. The van der Waals surface area contributed by atoms with Gasteiger partial charge in [0.2, 0.25) is 10.0 Å². The van der Waals surface area contributed by atoms with Gasteiger partial charge in [-0.2, -0.15) is 4.31 Å². The van der Waals surface area contributed by atoms with Crippen molar-refractivity contribution in [3.63, 3.8) is 0 Å². The Labute approximate surface area is 149 Å². The third-order valence-corrected chi connectivity index (χ3v) is 6.81. The Hall–Kier alpha value is -1.44. The number of carbonyl (C=O) groups excluding carboxylic acids is 1. The highest BCUT2D eigenvalue weighted by Crippen LogP contribution is 2.22. The fourth-order valence-corrected chi connectivity index (χ4v) is 4.94. The van der Waals surface area contributed by atoms with Gasteiger partial charge in [0, 0.05) is 31.7 Å². The second-order valence-electron chi connectivity index (χ2n) is 6.64. The predicted molar refractivity (Wildman–Crippen MR) is 95.0 cm³/mol. The van der Waals surface area contributed by atoms with E-state index < -0.39 is 10.0 Å². The second-order valence-corrected chi connectivity index (χ2v) is 8.58. The molecule has 2 saturated heterocycles. The number of hydrogen-bond donors (Lipinski definition) is 0. The number of piperidine rings is 1. The molecule has 1 amide bonds. The molecular formula is C18H26N2O4S. The monoisotopic (exact) mass is 366 g/mol. The van der Waals surface area contributed by atoms with E-state index in [4.69, 9.17) is 4.74 Å². The van der Waals surface area contributed by atoms with Crippen molar-refractivity contribution in [1.29, 1.82) is 0 Å². The molecule has 2 aliphatic heterocycles. The number of hydrogen-bond acceptors (Lipinski definition) is 4. The lowest BCUT2D eigenvalue weighted by Crippen LogP contribution is -2.45. The molecule has 0 bridgehead atoms. The van der Waals surface area contributed by atoms with E-state index in [1.165, 1.54) is 10.4 Å². The molecule has 0 spiro atoms. The number of carbonyl (C=O) groups is 1. The van der Waals surface area contributed by atoms with Crippen LogP contribution in [0.2, 0.25) is 0 Å². The van der Waals surface area contributed by atoms with Crippen molar-refractivity contribution in [2.24, 2.45) is 0 Å². The van der Waals surface area contributed by atoms with Gasteiger partial charge in [-0.3, -0.25) is 4.79 Å². The van der Waals surface area contributed by atoms with Crippen LogP contribution in [0, 0.1) is 0 Å². The van der Waals surface area contributed by atoms with Gasteiger partial charge in [0.1, 0.15) is 0 Å². The van der Waals surface area contributed by atoms with E-state index in [0.29, 0.717) is 38.3 Å². The lowest BCUT2D eigenvalue weighted by Gasteiger charge is -2.32. The maximum absolute atomic E-state index is 12.8. The highest BCUT2D eigenvalue weighted by Gasteiger charge is 2.28. The minimum absolute atomic E-state index is 0.0537. The zero-order valence-electron chi connectivity index (χ0n) is 14.7. The number of amides is 1. The summed E-state index contributed by atoms with van der Waals surface area (Å²) in [5, 5.41) is 0. The molecule has 2 fully saturated rings. The minimum atomic E-state index is -3.53. The average Bonchev–Trinajstić information content (AvgIpc) is 2.68. The molecule has 0 saturated carbocycles. The van der Waals surface area contributed by atoms with Crippen LogP contribution in [0.3, 0.4) is 0 Å². The Morgan fingerprint density at radius 2 is 1.96 bits per heavy atom. The van der Waals surface area contributed by atoms with E-state index in [-0.39, 0.29) is 16.9 Å². The molecule has 0 aromatic heterocycles. The molecular weight excluding hydrogens is 340 g/mol. The largest absolute Gasteiger partial charge is 0.375 e. The van der Waals surface area contributed by atoms with E-state index in [9.17, 15) is 13.2 Å². The molecule has 25 heavy (non-hydrogen) atoms. The minimum Gasteiger partial charge on any atom is -0.375 e. The fourth-order valence-electron chi connectivity index (χ4n) is 3.38. The van der Waals surface area contributed by atoms with Crippen molar-refractivity contribution in [3.05, 3.63) is 29.8 Å². The van der Waals surface area contributed by atoms with Crippen molar-refractivity contribution < 1.29 is 17.9 Å². The summed E-state index contributed by atoms with van der Waals surface area (Å²) < 4.78 is 32.8. The van der Waals surface area contributed by atoms with E-state index in [2.05, 4.69) is 0 Å². The summed E-state index contributed by atoms with van der Waals surface area (Å²) in [6.45, 7) is 4.77. The molecule has 0 N–H and O–H groups in total. The van der Waals surface area contributed by atoms with Crippen LogP contribution >= 0.6 is 0 Å². The molecule has 1 atom stereocenters. The number of ether oxygens (including phenoxy) is 1. The van der Waals surface area contributed by atoms with Gasteiger partial charge in [0.25, 0.3) is 5.91 Å². The Balaban J connectivity index is 1.80. The number of sulfonamides is 1. The molecule has 6 nitrogen and oxygen atoms in total. The van der Waals surface area contributed by atoms with Crippen LogP contribution in [0.5, 0.6) is 0 Å². The maximum atomic E-state index is 12.8. The first-order valence-electron chi connectivity index (χ1n) is 9.03. The summed E-state index contributed by atoms with van der Waals surface area (Å²) in [7, 11) is -3.53. The van der Waals surface area contributed by atoms with Crippen molar-refractivity contribution in [2.75, 3.05) is 32.8 Å². The number of nitrogens with zero attached hydrogens (tertiary/aromatic N) is 2. The molecule has 2 aliphatic rings. The van der Waals surface area contributed by atoms with Gasteiger partial charge in [-0.15, -0.1) is 0 Å². The van der Waals surface area contributed by atoms with Crippen LogP contribution in [-0.2, 0) is 14.8 Å². The van der Waals surface area contributed by atoms with Crippen molar-refractivity contribution in [1.82, 2.24) is 9.21 Å². The van der Waals surface area contributed by atoms with E-state index >= 15 is 0 Å². The summed E-state index contributed by atoms with van der Waals surface area (Å²) >= 11 is 0. The fraction of sp³-hybridized carbons (Fsp3) is 0.611. The molecule has 138 valence electrons. The smallest absolute Gasteiger partial charge is 0.254 e. The van der Waals surface area contributed by atoms with E-state index in [0.717, 1.165) is 25.7 Å². The number of benzene rings is 1.